The van der Waals surface area contributed by atoms with Crippen LogP contribution < -0.4 is 4.89 Å². The number of unbranched alkanes of at least 4 members (excludes halogenated alkanes) is 32. The molecule has 0 aromatic carbocycles. The van der Waals surface area contributed by atoms with Crippen molar-refractivity contribution < 1.29 is 42.1 Å². The molecule has 0 bridgehead atoms. The number of hydrogen-bond donors (Lipinski definition) is 0. The lowest BCUT2D eigenvalue weighted by atomic mass is 10.0. The van der Waals surface area contributed by atoms with Crippen LogP contribution in [0.3, 0.4) is 0 Å². The van der Waals surface area contributed by atoms with Crippen molar-refractivity contribution >= 4 is 19.8 Å². The van der Waals surface area contributed by atoms with Gasteiger partial charge in [-0.2, -0.15) is 0 Å². The number of hydrogen-bond acceptors (Lipinski definition) is 8. The van der Waals surface area contributed by atoms with E-state index in [0.29, 0.717) is 17.4 Å². The van der Waals surface area contributed by atoms with Crippen LogP contribution >= 0.6 is 7.82 Å². The third kappa shape index (κ3) is 48.1. The van der Waals surface area contributed by atoms with Crippen LogP contribution in [0.2, 0.25) is 0 Å². The average molecular weight is 886 g/mol. The van der Waals surface area contributed by atoms with Gasteiger partial charge in [0.25, 0.3) is 7.82 Å². The molecule has 0 rings (SSSR count). The van der Waals surface area contributed by atoms with Crippen molar-refractivity contribution in [3.63, 3.8) is 0 Å². The standard InChI is InChI=1S/C51H100NO8P/c1-6-8-10-12-14-16-18-19-20-21-22-23-24-25-26-27-28-29-30-31-32-33-34-36-38-40-42-44-51(54)60-49(48-59-61(55,56)58-46-45-52(3,4)5)47-57-50(53)43-41-39-37-35-17-15-13-11-9-7-2/h21-22,49H,6-20,23-48H2,1-5H3/b22-21-. The highest BCUT2D eigenvalue weighted by atomic mass is 31.2. The number of carbonyl (C=O) groups excluding carboxylic acids is 2. The van der Waals surface area contributed by atoms with E-state index >= 15 is 0 Å². The predicted molar refractivity (Wildman–Crippen MR) is 255 cm³/mol. The van der Waals surface area contributed by atoms with Crippen LogP contribution in [0.1, 0.15) is 251 Å². The van der Waals surface area contributed by atoms with Crippen LogP contribution in [0.25, 0.3) is 0 Å². The van der Waals surface area contributed by atoms with Gasteiger partial charge in [-0.1, -0.05) is 212 Å². The number of rotatable bonds is 48. The molecule has 2 atom stereocenters. The Morgan fingerprint density at radius 3 is 1.21 bits per heavy atom. The summed E-state index contributed by atoms with van der Waals surface area (Å²) in [6, 6.07) is 0. The van der Waals surface area contributed by atoms with Gasteiger partial charge in [-0.15, -0.1) is 0 Å². The summed E-state index contributed by atoms with van der Waals surface area (Å²) in [5, 5.41) is 0. The summed E-state index contributed by atoms with van der Waals surface area (Å²) in [7, 11) is 1.18. The Hall–Kier alpha value is -1.25. The summed E-state index contributed by atoms with van der Waals surface area (Å²) in [6.07, 6.45) is 48.3. The molecule has 2 unspecified atom stereocenters. The Labute approximate surface area is 377 Å². The molecule has 0 radical (unpaired) electrons. The van der Waals surface area contributed by atoms with Gasteiger partial charge in [-0.05, 0) is 38.5 Å². The molecule has 0 spiro atoms. The molecule has 0 fully saturated rings. The van der Waals surface area contributed by atoms with Crippen LogP contribution in [0.4, 0.5) is 0 Å². The van der Waals surface area contributed by atoms with Crippen LogP contribution in [-0.2, 0) is 32.7 Å². The van der Waals surface area contributed by atoms with Crippen molar-refractivity contribution in [1.29, 1.82) is 0 Å². The molecule has 0 aromatic rings. The first-order chi connectivity index (χ1) is 29.5. The lowest BCUT2D eigenvalue weighted by Gasteiger charge is -2.28. The summed E-state index contributed by atoms with van der Waals surface area (Å²) < 4.78 is 34.0. The molecule has 0 aliphatic heterocycles. The van der Waals surface area contributed by atoms with Gasteiger partial charge in [0.05, 0.1) is 27.7 Å². The summed E-state index contributed by atoms with van der Waals surface area (Å²) in [5.41, 5.74) is 0. The quantitative estimate of drug-likeness (QED) is 0.0195. The largest absolute Gasteiger partial charge is 0.756 e. The number of phosphoric acid groups is 1. The van der Waals surface area contributed by atoms with E-state index in [4.69, 9.17) is 18.5 Å². The fourth-order valence-corrected chi connectivity index (χ4v) is 8.20. The number of likely N-dealkylation sites (N-methyl/N-ethyl adjacent to an activating group) is 1. The molecule has 61 heavy (non-hydrogen) atoms. The van der Waals surface area contributed by atoms with E-state index in [1.807, 2.05) is 21.1 Å². The zero-order chi connectivity index (χ0) is 45.0. The van der Waals surface area contributed by atoms with Crippen molar-refractivity contribution in [1.82, 2.24) is 0 Å². The molecule has 0 aromatic heterocycles. The monoisotopic (exact) mass is 886 g/mol. The summed E-state index contributed by atoms with van der Waals surface area (Å²) >= 11 is 0. The van der Waals surface area contributed by atoms with Crippen molar-refractivity contribution in [2.24, 2.45) is 0 Å². The Balaban J connectivity index is 4.05. The maximum atomic E-state index is 12.7. The number of ether oxygens (including phenoxy) is 2. The van der Waals surface area contributed by atoms with Crippen LogP contribution in [0.15, 0.2) is 12.2 Å². The molecule has 0 heterocycles. The van der Waals surface area contributed by atoms with Gasteiger partial charge in [0.2, 0.25) is 0 Å². The second-order valence-electron chi connectivity index (χ2n) is 18.9. The minimum absolute atomic E-state index is 0.0270. The Morgan fingerprint density at radius 1 is 0.492 bits per heavy atom. The highest BCUT2D eigenvalue weighted by Gasteiger charge is 2.21. The predicted octanol–water partition coefficient (Wildman–Crippen LogP) is 14.7. The number of allylic oxidation sites excluding steroid dienone is 2. The van der Waals surface area contributed by atoms with Crippen LogP contribution in [-0.4, -0.2) is 70.0 Å². The molecular formula is C51H100NO8P. The molecule has 0 N–H and O–H groups in total. The van der Waals surface area contributed by atoms with Gasteiger partial charge in [-0.3, -0.25) is 14.2 Å². The molecule has 362 valence electrons. The van der Waals surface area contributed by atoms with Gasteiger partial charge in [0.1, 0.15) is 19.8 Å². The SMILES string of the molecule is CCCCCCCCCC/C=C\CCCCCCCCCCCCCCCCCC(=O)OC(COC(=O)CCCCCCCCCCCC)COP(=O)([O-])OCC[N+](C)(C)C. The Bertz CT molecular complexity index is 1050. The van der Waals surface area contributed by atoms with E-state index in [9.17, 15) is 19.0 Å². The lowest BCUT2D eigenvalue weighted by molar-refractivity contribution is -0.870. The average Bonchev–Trinajstić information content (AvgIpc) is 3.21. The highest BCUT2D eigenvalue weighted by Crippen LogP contribution is 2.38. The minimum Gasteiger partial charge on any atom is -0.756 e. The van der Waals surface area contributed by atoms with Crippen molar-refractivity contribution in [3.8, 4) is 0 Å². The zero-order valence-electron chi connectivity index (χ0n) is 40.9. The van der Waals surface area contributed by atoms with E-state index in [0.717, 1.165) is 32.1 Å². The van der Waals surface area contributed by atoms with Gasteiger partial charge in [0, 0.05) is 12.8 Å². The van der Waals surface area contributed by atoms with Gasteiger partial charge in [0.15, 0.2) is 6.10 Å². The fourth-order valence-electron chi connectivity index (χ4n) is 7.48. The third-order valence-electron chi connectivity index (χ3n) is 11.5. The van der Waals surface area contributed by atoms with Crippen molar-refractivity contribution in [3.05, 3.63) is 12.2 Å². The van der Waals surface area contributed by atoms with Crippen molar-refractivity contribution in [2.45, 2.75) is 258 Å². The summed E-state index contributed by atoms with van der Waals surface area (Å²) in [4.78, 5) is 37.6. The number of phosphoric ester groups is 1. The molecule has 0 saturated heterocycles. The molecule has 10 heteroatoms. The number of esters is 2. The second kappa shape index (κ2) is 44.0. The Morgan fingerprint density at radius 2 is 0.836 bits per heavy atom. The Kier molecular flexibility index (Phi) is 43.1. The fraction of sp³-hybridized carbons (Fsp3) is 0.922. The first-order valence-electron chi connectivity index (χ1n) is 25.9. The highest BCUT2D eigenvalue weighted by molar-refractivity contribution is 7.45. The first-order valence-corrected chi connectivity index (χ1v) is 27.4. The molecule has 9 nitrogen and oxygen atoms in total. The molecule has 0 aliphatic rings. The maximum absolute atomic E-state index is 12.7. The van der Waals surface area contributed by atoms with Gasteiger partial charge >= 0.3 is 11.9 Å². The molecule has 0 aliphatic carbocycles. The number of quaternary nitrogens is 1. The van der Waals surface area contributed by atoms with E-state index < -0.39 is 26.5 Å². The number of carbonyl (C=O) groups is 2. The van der Waals surface area contributed by atoms with E-state index in [-0.39, 0.29) is 32.0 Å². The second-order valence-corrected chi connectivity index (χ2v) is 20.3. The molecular weight excluding hydrogens is 786 g/mol. The summed E-state index contributed by atoms with van der Waals surface area (Å²) in [5.74, 6) is -0.823. The maximum Gasteiger partial charge on any atom is 0.306 e. The van der Waals surface area contributed by atoms with Crippen LogP contribution in [0, 0.1) is 0 Å². The van der Waals surface area contributed by atoms with E-state index in [1.54, 1.807) is 0 Å². The summed E-state index contributed by atoms with van der Waals surface area (Å²) in [6.45, 7) is 4.25. The van der Waals surface area contributed by atoms with Gasteiger partial charge < -0.3 is 27.9 Å². The third-order valence-corrected chi connectivity index (χ3v) is 12.5. The molecule has 0 saturated carbocycles. The van der Waals surface area contributed by atoms with Gasteiger partial charge in [-0.25, -0.2) is 0 Å². The number of nitrogens with zero attached hydrogens (tertiary/aromatic N) is 1. The van der Waals surface area contributed by atoms with Crippen LogP contribution in [0.5, 0.6) is 0 Å². The molecule has 0 amide bonds. The topological polar surface area (TPSA) is 111 Å². The smallest absolute Gasteiger partial charge is 0.306 e. The van der Waals surface area contributed by atoms with E-state index in [2.05, 4.69) is 26.0 Å². The zero-order valence-corrected chi connectivity index (χ0v) is 41.8. The first kappa shape index (κ1) is 59.8. The van der Waals surface area contributed by atoms with Crippen molar-refractivity contribution in [2.75, 3.05) is 47.5 Å². The normalized spacial score (nSPS) is 13.5. The van der Waals surface area contributed by atoms with E-state index in [1.165, 1.54) is 186 Å². The minimum atomic E-state index is -4.62. The lowest BCUT2D eigenvalue weighted by Crippen LogP contribution is -2.37.